The summed E-state index contributed by atoms with van der Waals surface area (Å²) < 4.78 is 5.65. The SMILES string of the molecule is CC(C)NC(=O)N1CCN(CC2CCCO2)CC1. The minimum absolute atomic E-state index is 0.0711. The van der Waals surface area contributed by atoms with Gasteiger partial charge >= 0.3 is 6.03 Å². The molecule has 2 aliphatic rings. The topological polar surface area (TPSA) is 44.8 Å². The van der Waals surface area contributed by atoms with Crippen LogP contribution >= 0.6 is 0 Å². The van der Waals surface area contributed by atoms with E-state index < -0.39 is 0 Å². The maximum atomic E-state index is 11.8. The molecule has 0 saturated carbocycles. The molecule has 2 fully saturated rings. The van der Waals surface area contributed by atoms with Crippen molar-refractivity contribution in [2.45, 2.75) is 38.8 Å². The van der Waals surface area contributed by atoms with Crippen molar-refractivity contribution in [2.75, 3.05) is 39.3 Å². The smallest absolute Gasteiger partial charge is 0.317 e. The number of urea groups is 1. The lowest BCUT2D eigenvalue weighted by molar-refractivity contribution is 0.0559. The Morgan fingerprint density at radius 3 is 2.61 bits per heavy atom. The standard InChI is InChI=1S/C13H25N3O2/c1-11(2)14-13(17)16-7-5-15(6-8-16)10-12-4-3-9-18-12/h11-12H,3-10H2,1-2H3,(H,14,17). The van der Waals surface area contributed by atoms with Gasteiger partial charge in [0.1, 0.15) is 0 Å². The fourth-order valence-corrected chi connectivity index (χ4v) is 2.55. The van der Waals surface area contributed by atoms with Crippen LogP contribution in [0.15, 0.2) is 0 Å². The Morgan fingerprint density at radius 1 is 1.33 bits per heavy atom. The molecule has 2 amide bonds. The van der Waals surface area contributed by atoms with Crippen LogP contribution in [0.2, 0.25) is 0 Å². The fraction of sp³-hybridized carbons (Fsp3) is 0.923. The predicted octanol–water partition coefficient (Wildman–Crippen LogP) is 0.901. The molecule has 0 radical (unpaired) electrons. The van der Waals surface area contributed by atoms with E-state index in [1.54, 1.807) is 0 Å². The normalized spacial score (nSPS) is 25.7. The Bertz CT molecular complexity index is 269. The molecule has 1 N–H and O–H groups in total. The molecule has 0 aromatic rings. The highest BCUT2D eigenvalue weighted by molar-refractivity contribution is 5.74. The van der Waals surface area contributed by atoms with Gasteiger partial charge in [0.25, 0.3) is 0 Å². The van der Waals surface area contributed by atoms with Crippen molar-refractivity contribution in [1.29, 1.82) is 0 Å². The van der Waals surface area contributed by atoms with E-state index in [1.165, 1.54) is 12.8 Å². The second kappa shape index (κ2) is 6.38. The van der Waals surface area contributed by atoms with E-state index in [-0.39, 0.29) is 12.1 Å². The van der Waals surface area contributed by atoms with Gasteiger partial charge in [-0.25, -0.2) is 4.79 Å². The molecule has 2 aliphatic heterocycles. The molecule has 1 atom stereocenters. The summed E-state index contributed by atoms with van der Waals surface area (Å²) in [6, 6.07) is 0.282. The van der Waals surface area contributed by atoms with Gasteiger partial charge in [0.15, 0.2) is 0 Å². The number of hydrogen-bond donors (Lipinski definition) is 1. The van der Waals surface area contributed by atoms with Crippen molar-refractivity contribution in [3.8, 4) is 0 Å². The number of carbonyl (C=O) groups is 1. The first-order valence-electron chi connectivity index (χ1n) is 7.04. The quantitative estimate of drug-likeness (QED) is 0.815. The van der Waals surface area contributed by atoms with Crippen LogP contribution in [0.4, 0.5) is 4.79 Å². The van der Waals surface area contributed by atoms with E-state index in [4.69, 9.17) is 4.74 Å². The molecular formula is C13H25N3O2. The Balaban J connectivity index is 1.68. The van der Waals surface area contributed by atoms with E-state index in [9.17, 15) is 4.79 Å². The fourth-order valence-electron chi connectivity index (χ4n) is 2.55. The molecule has 5 nitrogen and oxygen atoms in total. The number of hydrogen-bond acceptors (Lipinski definition) is 3. The molecule has 18 heavy (non-hydrogen) atoms. The summed E-state index contributed by atoms with van der Waals surface area (Å²) in [4.78, 5) is 16.2. The number of nitrogens with one attached hydrogen (secondary N) is 1. The van der Waals surface area contributed by atoms with E-state index in [1.807, 2.05) is 18.7 Å². The summed E-state index contributed by atoms with van der Waals surface area (Å²) in [7, 11) is 0. The van der Waals surface area contributed by atoms with E-state index in [0.29, 0.717) is 6.10 Å². The zero-order valence-corrected chi connectivity index (χ0v) is 11.5. The maximum Gasteiger partial charge on any atom is 0.317 e. The van der Waals surface area contributed by atoms with Crippen molar-refractivity contribution >= 4 is 6.03 Å². The minimum atomic E-state index is 0.0711. The van der Waals surface area contributed by atoms with Gasteiger partial charge in [-0.15, -0.1) is 0 Å². The summed E-state index contributed by atoms with van der Waals surface area (Å²) in [6.45, 7) is 9.51. The van der Waals surface area contributed by atoms with Crippen molar-refractivity contribution in [1.82, 2.24) is 15.1 Å². The molecule has 0 aromatic carbocycles. The van der Waals surface area contributed by atoms with Gasteiger partial charge in [0, 0.05) is 45.4 Å². The molecular weight excluding hydrogens is 230 g/mol. The monoisotopic (exact) mass is 255 g/mol. The van der Waals surface area contributed by atoms with Crippen LogP contribution in [0, 0.1) is 0 Å². The van der Waals surface area contributed by atoms with Gasteiger partial charge in [0.05, 0.1) is 6.10 Å². The summed E-state index contributed by atoms with van der Waals surface area (Å²) in [6.07, 6.45) is 2.80. The van der Waals surface area contributed by atoms with Crippen LogP contribution in [-0.4, -0.2) is 67.3 Å². The van der Waals surface area contributed by atoms with Gasteiger partial charge in [-0.1, -0.05) is 0 Å². The summed E-state index contributed by atoms with van der Waals surface area (Å²) in [5.74, 6) is 0. The van der Waals surface area contributed by atoms with Gasteiger partial charge < -0.3 is 15.0 Å². The Labute approximate surface area is 109 Å². The number of amides is 2. The summed E-state index contributed by atoms with van der Waals surface area (Å²) >= 11 is 0. The van der Waals surface area contributed by atoms with Crippen LogP contribution in [0.25, 0.3) is 0 Å². The number of rotatable bonds is 3. The molecule has 2 saturated heterocycles. The first kappa shape index (κ1) is 13.6. The van der Waals surface area contributed by atoms with E-state index >= 15 is 0 Å². The first-order chi connectivity index (χ1) is 8.65. The van der Waals surface area contributed by atoms with Gasteiger partial charge in [-0.3, -0.25) is 4.90 Å². The molecule has 0 aromatic heterocycles. The Morgan fingerprint density at radius 2 is 2.06 bits per heavy atom. The van der Waals surface area contributed by atoms with E-state index in [2.05, 4.69) is 10.2 Å². The molecule has 104 valence electrons. The van der Waals surface area contributed by atoms with Crippen LogP contribution in [0.3, 0.4) is 0 Å². The van der Waals surface area contributed by atoms with Crippen LogP contribution in [0.1, 0.15) is 26.7 Å². The molecule has 5 heteroatoms. The Kier molecular flexibility index (Phi) is 4.83. The van der Waals surface area contributed by atoms with Crippen molar-refractivity contribution in [3.05, 3.63) is 0 Å². The van der Waals surface area contributed by atoms with Gasteiger partial charge in [-0.2, -0.15) is 0 Å². The molecule has 0 aliphatic carbocycles. The largest absolute Gasteiger partial charge is 0.377 e. The molecule has 0 spiro atoms. The van der Waals surface area contributed by atoms with Gasteiger partial charge in [0.2, 0.25) is 0 Å². The number of carbonyl (C=O) groups excluding carboxylic acids is 1. The average Bonchev–Trinajstić information content (AvgIpc) is 2.82. The highest BCUT2D eigenvalue weighted by Crippen LogP contribution is 2.14. The zero-order valence-electron chi connectivity index (χ0n) is 11.5. The lowest BCUT2D eigenvalue weighted by Crippen LogP contribution is -2.53. The summed E-state index contributed by atoms with van der Waals surface area (Å²) in [5, 5.41) is 2.94. The van der Waals surface area contributed by atoms with Crippen molar-refractivity contribution in [2.24, 2.45) is 0 Å². The third kappa shape index (κ3) is 3.85. The molecule has 2 heterocycles. The third-order valence-electron chi connectivity index (χ3n) is 3.56. The number of nitrogens with zero attached hydrogens (tertiary/aromatic N) is 2. The van der Waals surface area contributed by atoms with Gasteiger partial charge in [-0.05, 0) is 26.7 Å². The van der Waals surface area contributed by atoms with Crippen molar-refractivity contribution < 1.29 is 9.53 Å². The average molecular weight is 255 g/mol. The Hall–Kier alpha value is -0.810. The number of piperazine rings is 1. The molecule has 0 bridgehead atoms. The second-order valence-electron chi connectivity index (χ2n) is 5.53. The third-order valence-corrected chi connectivity index (χ3v) is 3.56. The predicted molar refractivity (Wildman–Crippen MR) is 70.7 cm³/mol. The molecule has 2 rings (SSSR count). The molecule has 1 unspecified atom stereocenters. The minimum Gasteiger partial charge on any atom is -0.377 e. The second-order valence-corrected chi connectivity index (χ2v) is 5.53. The van der Waals surface area contributed by atoms with Crippen LogP contribution in [0.5, 0.6) is 0 Å². The van der Waals surface area contributed by atoms with Crippen LogP contribution < -0.4 is 5.32 Å². The van der Waals surface area contributed by atoms with E-state index in [0.717, 1.165) is 39.3 Å². The first-order valence-corrected chi connectivity index (χ1v) is 7.04. The summed E-state index contributed by atoms with van der Waals surface area (Å²) in [5.41, 5.74) is 0. The lowest BCUT2D eigenvalue weighted by atomic mass is 10.2. The highest BCUT2D eigenvalue weighted by atomic mass is 16.5. The highest BCUT2D eigenvalue weighted by Gasteiger charge is 2.24. The number of ether oxygens (including phenoxy) is 1. The lowest BCUT2D eigenvalue weighted by Gasteiger charge is -2.36. The zero-order chi connectivity index (χ0) is 13.0. The van der Waals surface area contributed by atoms with Crippen LogP contribution in [-0.2, 0) is 4.74 Å². The van der Waals surface area contributed by atoms with Crippen molar-refractivity contribution in [3.63, 3.8) is 0 Å². The maximum absolute atomic E-state index is 11.8.